The molecule has 32 heavy (non-hydrogen) atoms. The first-order chi connectivity index (χ1) is 15.5. The van der Waals surface area contributed by atoms with Gasteiger partial charge in [-0.25, -0.2) is 4.98 Å². The maximum absolute atomic E-state index is 12.9. The van der Waals surface area contributed by atoms with Crippen LogP contribution in [-0.4, -0.2) is 88.0 Å². The summed E-state index contributed by atoms with van der Waals surface area (Å²) in [6.07, 6.45) is 5.86. The highest BCUT2D eigenvalue weighted by molar-refractivity contribution is 5.92. The fourth-order valence-corrected chi connectivity index (χ4v) is 5.46. The molecule has 5 heterocycles. The molecule has 1 unspecified atom stereocenters. The van der Waals surface area contributed by atoms with Crippen LogP contribution >= 0.6 is 0 Å². The van der Waals surface area contributed by atoms with Crippen molar-refractivity contribution < 1.29 is 9.53 Å². The zero-order valence-corrected chi connectivity index (χ0v) is 19.2. The Morgan fingerprint density at radius 2 is 1.91 bits per heavy atom. The number of carbonyl (C=O) groups excluding carboxylic acids is 1. The number of piperazine rings is 1. The largest absolute Gasteiger partial charge is 0.375 e. The average Bonchev–Trinajstić information content (AvgIpc) is 3.18. The third-order valence-electron chi connectivity index (χ3n) is 7.57. The van der Waals surface area contributed by atoms with Crippen molar-refractivity contribution >= 4 is 11.7 Å². The number of rotatable bonds is 3. The molecule has 2 aromatic rings. The van der Waals surface area contributed by atoms with Gasteiger partial charge in [0.2, 0.25) is 0 Å². The van der Waals surface area contributed by atoms with Gasteiger partial charge in [-0.1, -0.05) is 6.07 Å². The second kappa shape index (κ2) is 8.83. The maximum Gasteiger partial charge on any atom is 0.274 e. The summed E-state index contributed by atoms with van der Waals surface area (Å²) in [5.74, 6) is 1.12. The summed E-state index contributed by atoms with van der Waals surface area (Å²) in [7, 11) is 1.88. The van der Waals surface area contributed by atoms with Crippen molar-refractivity contribution in [3.63, 3.8) is 0 Å². The van der Waals surface area contributed by atoms with E-state index in [9.17, 15) is 4.79 Å². The lowest BCUT2D eigenvalue weighted by Gasteiger charge is -2.49. The van der Waals surface area contributed by atoms with Crippen LogP contribution in [-0.2, 0) is 11.8 Å². The summed E-state index contributed by atoms with van der Waals surface area (Å²) in [4.78, 5) is 24.4. The molecule has 8 nitrogen and oxygen atoms in total. The Balaban J connectivity index is 1.16. The van der Waals surface area contributed by atoms with E-state index in [1.54, 1.807) is 4.68 Å². The Kier molecular flexibility index (Phi) is 5.90. The quantitative estimate of drug-likeness (QED) is 0.731. The predicted molar refractivity (Wildman–Crippen MR) is 123 cm³/mol. The summed E-state index contributed by atoms with van der Waals surface area (Å²) in [6, 6.07) is 8.57. The number of ether oxygens (including phenoxy) is 1. The minimum absolute atomic E-state index is 0.0431. The summed E-state index contributed by atoms with van der Waals surface area (Å²) in [6.45, 7) is 8.46. The number of carbonyl (C=O) groups is 1. The van der Waals surface area contributed by atoms with Gasteiger partial charge in [0.1, 0.15) is 5.82 Å². The number of hydrogen-bond acceptors (Lipinski definition) is 6. The molecule has 8 heteroatoms. The number of piperidine rings is 1. The third kappa shape index (κ3) is 4.26. The van der Waals surface area contributed by atoms with E-state index in [1.165, 1.54) is 0 Å². The Morgan fingerprint density at radius 3 is 2.56 bits per heavy atom. The molecular weight excluding hydrogens is 404 g/mol. The average molecular weight is 439 g/mol. The van der Waals surface area contributed by atoms with Crippen molar-refractivity contribution in [2.24, 2.45) is 7.05 Å². The van der Waals surface area contributed by atoms with Gasteiger partial charge in [0.25, 0.3) is 5.91 Å². The molecule has 1 atom stereocenters. The van der Waals surface area contributed by atoms with Crippen LogP contribution in [0.15, 0.2) is 30.5 Å². The molecule has 0 bridgehead atoms. The highest BCUT2D eigenvalue weighted by Gasteiger charge is 2.43. The molecular formula is C24H34N6O2. The second-order valence-corrected chi connectivity index (χ2v) is 9.48. The van der Waals surface area contributed by atoms with Gasteiger partial charge in [-0.15, -0.1) is 0 Å². The number of nitrogens with zero attached hydrogens (tertiary/aromatic N) is 6. The molecule has 0 aliphatic carbocycles. The summed E-state index contributed by atoms with van der Waals surface area (Å²) in [5, 5.41) is 4.37. The van der Waals surface area contributed by atoms with Crippen LogP contribution < -0.4 is 4.90 Å². The van der Waals surface area contributed by atoms with Crippen molar-refractivity contribution in [2.75, 3.05) is 50.8 Å². The molecule has 3 aliphatic heterocycles. The summed E-state index contributed by atoms with van der Waals surface area (Å²) >= 11 is 0. The zero-order valence-electron chi connectivity index (χ0n) is 19.2. The molecule has 0 saturated carbocycles. The number of anilines is 1. The third-order valence-corrected chi connectivity index (χ3v) is 7.57. The fraction of sp³-hybridized carbons (Fsp3) is 0.625. The number of hydrogen-bond donors (Lipinski definition) is 0. The van der Waals surface area contributed by atoms with Crippen LogP contribution in [0.2, 0.25) is 0 Å². The van der Waals surface area contributed by atoms with Gasteiger partial charge in [-0.2, -0.15) is 5.10 Å². The topological polar surface area (TPSA) is 66.7 Å². The second-order valence-electron chi connectivity index (χ2n) is 9.48. The molecule has 0 N–H and O–H groups in total. The van der Waals surface area contributed by atoms with E-state index in [0.29, 0.717) is 11.7 Å². The number of amides is 1. The Labute approximate surface area is 190 Å². The molecule has 172 valence electrons. The monoisotopic (exact) mass is 438 g/mol. The van der Waals surface area contributed by atoms with E-state index >= 15 is 0 Å². The van der Waals surface area contributed by atoms with Gasteiger partial charge in [0.05, 0.1) is 5.60 Å². The first kappa shape index (κ1) is 21.4. The van der Waals surface area contributed by atoms with Crippen LogP contribution in [0.4, 0.5) is 5.82 Å². The Hall–Kier alpha value is -2.45. The number of aryl methyl sites for hydroxylation is 2. The molecule has 0 aromatic carbocycles. The molecule has 3 saturated heterocycles. The lowest BCUT2D eigenvalue weighted by molar-refractivity contribution is -0.130. The Morgan fingerprint density at radius 1 is 1.12 bits per heavy atom. The Bertz CT molecular complexity index is 910. The van der Waals surface area contributed by atoms with Gasteiger partial charge in [0, 0.05) is 70.9 Å². The van der Waals surface area contributed by atoms with E-state index in [0.717, 1.165) is 83.1 Å². The van der Waals surface area contributed by atoms with Gasteiger partial charge in [0.15, 0.2) is 5.69 Å². The standard InChI is InChI=1S/C24H34N6O2/c1-19-17-21(26-27(19)2)23(31)30-10-7-24(8-11-30)18-20(6-16-32-24)28-12-14-29(15-13-28)22-5-3-4-9-25-22/h3-5,9,17,20H,6-8,10-16,18H2,1-2H3. The summed E-state index contributed by atoms with van der Waals surface area (Å²) in [5.41, 5.74) is 1.47. The van der Waals surface area contributed by atoms with E-state index in [2.05, 4.69) is 32.0 Å². The molecule has 1 amide bonds. The first-order valence-corrected chi connectivity index (χ1v) is 11.9. The number of aromatic nitrogens is 3. The minimum atomic E-state index is -0.0855. The highest BCUT2D eigenvalue weighted by Crippen LogP contribution is 2.37. The van der Waals surface area contributed by atoms with Crippen LogP contribution in [0.3, 0.4) is 0 Å². The van der Waals surface area contributed by atoms with Gasteiger partial charge >= 0.3 is 0 Å². The minimum Gasteiger partial charge on any atom is -0.375 e. The maximum atomic E-state index is 12.9. The SMILES string of the molecule is Cc1cc(C(=O)N2CCC3(CC2)CC(N2CCN(c4ccccn4)CC2)CCO3)nn1C. The van der Waals surface area contributed by atoms with Crippen LogP contribution in [0.1, 0.15) is 41.9 Å². The van der Waals surface area contributed by atoms with Crippen LogP contribution in [0.5, 0.6) is 0 Å². The van der Waals surface area contributed by atoms with Crippen molar-refractivity contribution in [2.45, 2.75) is 44.2 Å². The normalized spacial score (nSPS) is 24.1. The summed E-state index contributed by atoms with van der Waals surface area (Å²) < 4.78 is 8.14. The smallest absolute Gasteiger partial charge is 0.274 e. The van der Waals surface area contributed by atoms with E-state index in [-0.39, 0.29) is 11.5 Å². The van der Waals surface area contributed by atoms with E-state index < -0.39 is 0 Å². The molecule has 1 spiro atoms. The van der Waals surface area contributed by atoms with Crippen molar-refractivity contribution in [1.29, 1.82) is 0 Å². The lowest BCUT2D eigenvalue weighted by atomic mass is 9.81. The molecule has 3 fully saturated rings. The van der Waals surface area contributed by atoms with Gasteiger partial charge in [-0.3, -0.25) is 14.4 Å². The number of pyridine rings is 1. The van der Waals surface area contributed by atoms with Crippen molar-refractivity contribution in [3.05, 3.63) is 41.9 Å². The van der Waals surface area contributed by atoms with Crippen molar-refractivity contribution in [3.8, 4) is 0 Å². The lowest BCUT2D eigenvalue weighted by Crippen LogP contribution is -2.57. The first-order valence-electron chi connectivity index (χ1n) is 11.9. The molecule has 3 aliphatic rings. The predicted octanol–water partition coefficient (Wildman–Crippen LogP) is 2.10. The molecule has 2 aromatic heterocycles. The zero-order chi connectivity index (χ0) is 22.1. The van der Waals surface area contributed by atoms with Crippen LogP contribution in [0, 0.1) is 6.92 Å². The van der Waals surface area contributed by atoms with Crippen molar-refractivity contribution in [1.82, 2.24) is 24.6 Å². The van der Waals surface area contributed by atoms with Gasteiger partial charge in [-0.05, 0) is 50.8 Å². The molecule has 0 radical (unpaired) electrons. The molecule has 5 rings (SSSR count). The highest BCUT2D eigenvalue weighted by atomic mass is 16.5. The van der Waals surface area contributed by atoms with E-state index in [4.69, 9.17) is 4.74 Å². The van der Waals surface area contributed by atoms with Gasteiger partial charge < -0.3 is 14.5 Å². The fourth-order valence-electron chi connectivity index (χ4n) is 5.46. The number of likely N-dealkylation sites (tertiary alicyclic amines) is 1. The van der Waals surface area contributed by atoms with E-state index in [1.807, 2.05) is 37.2 Å². The van der Waals surface area contributed by atoms with Crippen LogP contribution in [0.25, 0.3) is 0 Å².